The molecule has 9 nitrogen and oxygen atoms in total. The molecule has 0 spiro atoms. The van der Waals surface area contributed by atoms with Crippen molar-refractivity contribution in [2.75, 3.05) is 13.2 Å². The molecule has 2 saturated heterocycles. The second-order valence-corrected chi connectivity index (χ2v) is 11.6. The fraction of sp³-hybridized carbons (Fsp3) is 0.565. The molecule has 4 atom stereocenters. The van der Waals surface area contributed by atoms with Crippen LogP contribution in [0.5, 0.6) is 0 Å². The number of imide groups is 2. The SMILES string of the molecule is Cc1ccc(F)c(C(N[S@+]([O-])C(C)(C)C)C(F)C(=O)C2C(=O)NC(=O)N(C3CCOCC3)C2=O)c1. The number of nitrogens with one attached hydrogen (secondary N) is 2. The molecule has 2 aliphatic rings. The summed E-state index contributed by atoms with van der Waals surface area (Å²) in [6.07, 6.45) is -2.02. The quantitative estimate of drug-likeness (QED) is 0.422. The van der Waals surface area contributed by atoms with Crippen LogP contribution in [0.4, 0.5) is 13.6 Å². The maximum absolute atomic E-state index is 15.8. The second kappa shape index (κ2) is 10.7. The Balaban J connectivity index is 1.95. The third-order valence-electron chi connectivity index (χ3n) is 5.88. The summed E-state index contributed by atoms with van der Waals surface area (Å²) in [4.78, 5) is 52.0. The summed E-state index contributed by atoms with van der Waals surface area (Å²) >= 11 is -1.93. The van der Waals surface area contributed by atoms with Gasteiger partial charge < -0.3 is 9.29 Å². The molecular weight excluding hydrogens is 484 g/mol. The number of benzene rings is 1. The molecule has 12 heteroatoms. The molecule has 3 unspecified atom stereocenters. The number of ketones is 1. The minimum atomic E-state index is -2.62. The van der Waals surface area contributed by atoms with E-state index in [1.54, 1.807) is 27.7 Å². The van der Waals surface area contributed by atoms with Crippen molar-refractivity contribution in [1.82, 2.24) is 14.9 Å². The van der Waals surface area contributed by atoms with Crippen LogP contribution in [-0.4, -0.2) is 63.3 Å². The third kappa shape index (κ3) is 5.88. The van der Waals surface area contributed by atoms with Crippen LogP contribution in [0, 0.1) is 18.7 Å². The lowest BCUT2D eigenvalue weighted by Gasteiger charge is -2.37. The zero-order valence-corrected chi connectivity index (χ0v) is 20.7. The Bertz CT molecular complexity index is 1010. The Labute approximate surface area is 205 Å². The first kappa shape index (κ1) is 27.2. The number of urea groups is 1. The standard InChI is InChI=1S/C23H29F2N3O6S/c1-12-5-6-15(24)14(11-12)18(27-35(33)23(2,3)4)17(25)19(29)16-20(30)26-22(32)28(21(16)31)13-7-9-34-10-8-13/h5-6,11,13,16-18,27H,7-10H2,1-4H3,(H,26,30,32)/t16?,17?,18?,35-/m1/s1. The highest BCUT2D eigenvalue weighted by Crippen LogP contribution is 2.30. The lowest BCUT2D eigenvalue weighted by Crippen LogP contribution is -2.64. The topological polar surface area (TPSA) is 128 Å². The monoisotopic (exact) mass is 513 g/mol. The van der Waals surface area contributed by atoms with Gasteiger partial charge in [0.05, 0.1) is 0 Å². The number of carbonyl (C=O) groups excluding carboxylic acids is 4. The predicted molar refractivity (Wildman–Crippen MR) is 123 cm³/mol. The highest BCUT2D eigenvalue weighted by atomic mass is 32.2. The van der Waals surface area contributed by atoms with Gasteiger partial charge in [-0.25, -0.2) is 13.6 Å². The first-order valence-corrected chi connectivity index (χ1v) is 12.4. The first-order valence-electron chi connectivity index (χ1n) is 11.2. The van der Waals surface area contributed by atoms with E-state index in [0.29, 0.717) is 18.4 Å². The molecule has 2 aliphatic heterocycles. The van der Waals surface area contributed by atoms with Crippen molar-refractivity contribution in [2.45, 2.75) is 63.5 Å². The van der Waals surface area contributed by atoms with Crippen LogP contribution in [0.25, 0.3) is 0 Å². The number of aryl methyl sites for hydroxylation is 1. The fourth-order valence-electron chi connectivity index (χ4n) is 3.93. The highest BCUT2D eigenvalue weighted by Gasteiger charge is 2.51. The highest BCUT2D eigenvalue weighted by molar-refractivity contribution is 7.90. The van der Waals surface area contributed by atoms with Crippen LogP contribution >= 0.6 is 0 Å². The number of hydrogen-bond donors (Lipinski definition) is 2. The maximum Gasteiger partial charge on any atom is 0.331 e. The lowest BCUT2D eigenvalue weighted by molar-refractivity contribution is -0.151. The summed E-state index contributed by atoms with van der Waals surface area (Å²) in [5, 5.41) is 1.95. The van der Waals surface area contributed by atoms with Crippen LogP contribution in [0.3, 0.4) is 0 Å². The van der Waals surface area contributed by atoms with Gasteiger partial charge in [0.15, 0.2) is 17.9 Å². The third-order valence-corrected chi connectivity index (χ3v) is 7.46. The molecule has 0 aromatic heterocycles. The summed E-state index contributed by atoms with van der Waals surface area (Å²) in [5.74, 6) is -6.85. The Morgan fingerprint density at radius 3 is 2.49 bits per heavy atom. The normalized spacial score (nSPS) is 22.5. The Morgan fingerprint density at radius 2 is 1.89 bits per heavy atom. The zero-order chi connectivity index (χ0) is 26.1. The lowest BCUT2D eigenvalue weighted by atomic mass is 9.89. The first-order chi connectivity index (χ1) is 16.3. The number of Topliss-reactive ketones (excluding diaryl/α,β-unsaturated/α-hetero) is 1. The van der Waals surface area contributed by atoms with Gasteiger partial charge >= 0.3 is 6.03 Å². The summed E-state index contributed by atoms with van der Waals surface area (Å²) in [6, 6.07) is 0.473. The molecule has 0 radical (unpaired) electrons. The Kier molecular flexibility index (Phi) is 8.30. The summed E-state index contributed by atoms with van der Waals surface area (Å²) < 4.78 is 50.1. The molecule has 0 aliphatic carbocycles. The van der Waals surface area contributed by atoms with Gasteiger partial charge in [0.25, 0.3) is 5.91 Å². The molecular formula is C23H29F2N3O6S. The molecule has 192 valence electrons. The number of barbiturate groups is 1. The molecule has 0 bridgehead atoms. The molecule has 35 heavy (non-hydrogen) atoms. The second-order valence-electron chi connectivity index (χ2n) is 9.58. The molecule has 3 rings (SSSR count). The molecule has 4 amide bonds. The van der Waals surface area contributed by atoms with Crippen molar-refractivity contribution < 1.29 is 37.2 Å². The number of nitrogens with zero attached hydrogens (tertiary/aromatic N) is 1. The molecule has 0 saturated carbocycles. The smallest absolute Gasteiger partial charge is 0.331 e. The van der Waals surface area contributed by atoms with Crippen molar-refractivity contribution in [3.63, 3.8) is 0 Å². The van der Waals surface area contributed by atoms with Crippen molar-refractivity contribution >= 4 is 35.0 Å². The van der Waals surface area contributed by atoms with Crippen LogP contribution in [0.2, 0.25) is 0 Å². The number of hydrogen-bond acceptors (Lipinski definition) is 7. The van der Waals surface area contributed by atoms with E-state index in [-0.39, 0.29) is 18.8 Å². The average Bonchev–Trinajstić information content (AvgIpc) is 2.78. The summed E-state index contributed by atoms with van der Waals surface area (Å²) in [6.45, 7) is 6.98. The van der Waals surface area contributed by atoms with E-state index in [4.69, 9.17) is 4.74 Å². The van der Waals surface area contributed by atoms with Crippen molar-refractivity contribution in [2.24, 2.45) is 5.92 Å². The van der Waals surface area contributed by atoms with Gasteiger partial charge in [0.1, 0.15) is 16.6 Å². The Morgan fingerprint density at radius 1 is 1.26 bits per heavy atom. The average molecular weight is 514 g/mol. The van der Waals surface area contributed by atoms with E-state index in [1.807, 2.05) is 5.32 Å². The summed E-state index contributed by atoms with van der Waals surface area (Å²) in [7, 11) is 0. The van der Waals surface area contributed by atoms with E-state index in [2.05, 4.69) is 4.72 Å². The minimum absolute atomic E-state index is 0.274. The summed E-state index contributed by atoms with van der Waals surface area (Å²) in [5.41, 5.74) is 0.279. The van der Waals surface area contributed by atoms with Crippen LogP contribution in [0.1, 0.15) is 50.8 Å². The van der Waals surface area contributed by atoms with Gasteiger partial charge in [0, 0.05) is 36.2 Å². The molecule has 2 heterocycles. The van der Waals surface area contributed by atoms with Crippen LogP contribution in [-0.2, 0) is 30.5 Å². The van der Waals surface area contributed by atoms with Crippen molar-refractivity contribution in [1.29, 1.82) is 0 Å². The molecule has 1 aromatic carbocycles. The number of ether oxygens (including phenoxy) is 1. The van der Waals surface area contributed by atoms with E-state index >= 15 is 4.39 Å². The molecule has 1 aromatic rings. The molecule has 2 N–H and O–H groups in total. The van der Waals surface area contributed by atoms with Gasteiger partial charge in [-0.3, -0.25) is 24.6 Å². The van der Waals surface area contributed by atoms with Gasteiger partial charge in [0.2, 0.25) is 5.91 Å². The maximum atomic E-state index is 15.8. The number of halogens is 2. The number of rotatable bonds is 7. The van der Waals surface area contributed by atoms with Gasteiger partial charge in [-0.1, -0.05) is 17.7 Å². The fourth-order valence-corrected chi connectivity index (χ4v) is 4.76. The minimum Gasteiger partial charge on any atom is -0.598 e. The van der Waals surface area contributed by atoms with Crippen molar-refractivity contribution in [3.8, 4) is 0 Å². The van der Waals surface area contributed by atoms with E-state index in [0.717, 1.165) is 11.0 Å². The number of alkyl halides is 1. The van der Waals surface area contributed by atoms with Crippen LogP contribution < -0.4 is 10.0 Å². The van der Waals surface area contributed by atoms with E-state index < -0.39 is 69.7 Å². The number of carbonyl (C=O) groups is 4. The van der Waals surface area contributed by atoms with E-state index in [1.165, 1.54) is 12.1 Å². The van der Waals surface area contributed by atoms with E-state index in [9.17, 15) is 28.1 Å². The Hall–Kier alpha value is -2.41. The number of amides is 4. The predicted octanol–water partition coefficient (Wildman–Crippen LogP) is 2.01. The van der Waals surface area contributed by atoms with Gasteiger partial charge in [-0.2, -0.15) is 0 Å². The zero-order valence-electron chi connectivity index (χ0n) is 19.9. The molecule has 2 fully saturated rings. The van der Waals surface area contributed by atoms with Gasteiger partial charge in [-0.15, -0.1) is 4.72 Å². The van der Waals surface area contributed by atoms with Crippen LogP contribution in [0.15, 0.2) is 18.2 Å². The van der Waals surface area contributed by atoms with Gasteiger partial charge in [-0.05, 0) is 46.6 Å². The largest absolute Gasteiger partial charge is 0.598 e. The van der Waals surface area contributed by atoms with Crippen molar-refractivity contribution in [3.05, 3.63) is 35.1 Å².